The van der Waals surface area contributed by atoms with Crippen LogP contribution in [0.15, 0.2) is 120 Å². The number of benzene rings is 5. The molecule has 8 aromatic rings. The van der Waals surface area contributed by atoms with E-state index >= 15 is 0 Å². The summed E-state index contributed by atoms with van der Waals surface area (Å²) in [6, 6.07) is 32.0. The van der Waals surface area contributed by atoms with Crippen molar-refractivity contribution in [3.05, 3.63) is 155 Å². The fourth-order valence-electron chi connectivity index (χ4n) is 9.20. The molecule has 17 heteroatoms. The maximum atomic E-state index is 14.1. The molecular formula is C56H57ClFN9O6. The predicted molar refractivity (Wildman–Crippen MR) is 279 cm³/mol. The molecule has 0 unspecified atom stereocenters. The number of hydrogen-bond donors (Lipinski definition) is 4. The molecule has 15 nitrogen and oxygen atoms in total. The lowest BCUT2D eigenvalue weighted by molar-refractivity contribution is -0.138. The number of nitrogens with zero attached hydrogens (tertiary/aromatic N) is 7. The predicted octanol–water partition coefficient (Wildman–Crippen LogP) is 11.2. The first-order valence-corrected chi connectivity index (χ1v) is 24.9. The van der Waals surface area contributed by atoms with Gasteiger partial charge in [-0.3, -0.25) is 19.1 Å². The first-order valence-electron chi connectivity index (χ1n) is 24.5. The molecule has 73 heavy (non-hydrogen) atoms. The highest BCUT2D eigenvalue weighted by atomic mass is 35.5. The summed E-state index contributed by atoms with van der Waals surface area (Å²) in [4.78, 5) is 40.6. The Bertz CT molecular complexity index is 3260. The lowest BCUT2D eigenvalue weighted by Crippen LogP contribution is -2.42. The zero-order valence-corrected chi connectivity index (χ0v) is 41.9. The van der Waals surface area contributed by atoms with Crippen molar-refractivity contribution in [3.8, 4) is 45.6 Å². The standard InChI is InChI=1S/C56H57ClFN9O6/c1-5-22-66(31-42-16-19-50(73-42)38-12-17-47-44(26-38)52(61-33-60-47)62-40-13-18-51(46(57)27-40)72-32-36-8-7-9-39(58)25-36)56(71)37-20-23-65(24-21-37)30-35-10-14-41(15-11-35)67-53(63-64-54(67)55(70)59-6-2)45-28-43(34(3)4)48(68)29-49(45)69/h7-19,25-29,33-34,37,68-69H,5-6,20-24,30-32H2,1-4H3,(H,59,70)(H,60,61,62). The molecule has 1 aliphatic heterocycles. The quantitative estimate of drug-likeness (QED) is 0.0639. The molecule has 1 aliphatic rings. The topological polar surface area (TPSA) is 184 Å². The van der Waals surface area contributed by atoms with E-state index in [0.717, 1.165) is 54.4 Å². The van der Waals surface area contributed by atoms with E-state index in [-0.39, 0.29) is 53.3 Å². The van der Waals surface area contributed by atoms with Gasteiger partial charge >= 0.3 is 0 Å². The minimum atomic E-state index is -0.405. The van der Waals surface area contributed by atoms with Gasteiger partial charge in [-0.25, -0.2) is 14.4 Å². The molecule has 1 saturated heterocycles. The van der Waals surface area contributed by atoms with Gasteiger partial charge in [0, 0.05) is 53.9 Å². The Morgan fingerprint density at radius 1 is 0.904 bits per heavy atom. The highest BCUT2D eigenvalue weighted by Gasteiger charge is 2.30. The Balaban J connectivity index is 0.824. The SMILES string of the molecule is CCCN(Cc1ccc(-c2ccc3ncnc(Nc4ccc(OCc5cccc(F)c5)c(Cl)c4)c3c2)o1)C(=O)C1CCN(Cc2ccc(-n3c(C(=O)NCC)nnc3-c3cc(C(C)C)c(O)cc3O)cc2)CC1. The van der Waals surface area contributed by atoms with Gasteiger partial charge in [-0.15, -0.1) is 10.2 Å². The highest BCUT2D eigenvalue weighted by molar-refractivity contribution is 6.32. The van der Waals surface area contributed by atoms with Crippen LogP contribution < -0.4 is 15.4 Å². The summed E-state index contributed by atoms with van der Waals surface area (Å²) in [5.41, 5.74) is 5.62. The van der Waals surface area contributed by atoms with Gasteiger partial charge in [-0.1, -0.05) is 56.6 Å². The molecule has 0 aliphatic carbocycles. The number of ether oxygens (including phenoxy) is 1. The number of anilines is 2. The maximum absolute atomic E-state index is 14.1. The number of nitrogens with one attached hydrogen (secondary N) is 2. The second-order valence-corrected chi connectivity index (χ2v) is 18.9. The zero-order valence-electron chi connectivity index (χ0n) is 41.1. The molecule has 1 fully saturated rings. The summed E-state index contributed by atoms with van der Waals surface area (Å²) in [5, 5.41) is 37.3. The van der Waals surface area contributed by atoms with E-state index in [1.807, 2.05) is 86.3 Å². The van der Waals surface area contributed by atoms with Crippen molar-refractivity contribution < 1.29 is 33.3 Å². The Hall–Kier alpha value is -7.82. The Kier molecular flexibility index (Phi) is 15.3. The number of carbonyl (C=O) groups excluding carboxylic acids is 2. The number of likely N-dealkylation sites (tertiary alicyclic amines) is 1. The average molecular weight is 1010 g/mol. The normalized spacial score (nSPS) is 13.1. The molecule has 2 amide bonds. The summed E-state index contributed by atoms with van der Waals surface area (Å²) in [7, 11) is 0. The van der Waals surface area contributed by atoms with Gasteiger partial charge in [0.25, 0.3) is 5.91 Å². The van der Waals surface area contributed by atoms with Crippen LogP contribution in [0.25, 0.3) is 39.3 Å². The second kappa shape index (κ2) is 22.3. The molecule has 9 rings (SSSR count). The molecule has 0 saturated carbocycles. The van der Waals surface area contributed by atoms with Gasteiger partial charge < -0.3 is 34.9 Å². The number of phenols is 2. The Morgan fingerprint density at radius 2 is 1.71 bits per heavy atom. The van der Waals surface area contributed by atoms with Crippen LogP contribution in [-0.2, 0) is 24.5 Å². The van der Waals surface area contributed by atoms with E-state index < -0.39 is 5.91 Å². The second-order valence-electron chi connectivity index (χ2n) is 18.5. The molecule has 4 heterocycles. The molecule has 0 radical (unpaired) electrons. The van der Waals surface area contributed by atoms with E-state index in [1.54, 1.807) is 34.9 Å². The van der Waals surface area contributed by atoms with Crippen LogP contribution in [0.3, 0.4) is 0 Å². The summed E-state index contributed by atoms with van der Waals surface area (Å²) >= 11 is 6.60. The van der Waals surface area contributed by atoms with Crippen molar-refractivity contribution in [3.63, 3.8) is 0 Å². The number of hydrogen-bond acceptors (Lipinski definition) is 12. The summed E-state index contributed by atoms with van der Waals surface area (Å²) in [6.07, 6.45) is 3.76. The number of piperidine rings is 1. The number of furan rings is 1. The fraction of sp³-hybridized carbons (Fsp3) is 0.286. The van der Waals surface area contributed by atoms with Crippen molar-refractivity contribution in [2.75, 3.05) is 31.5 Å². The average Bonchev–Trinajstić information content (AvgIpc) is 4.05. The number of halogens is 2. The summed E-state index contributed by atoms with van der Waals surface area (Å²) < 4.78 is 27.6. The minimum absolute atomic E-state index is 0.0220. The van der Waals surface area contributed by atoms with Crippen molar-refractivity contribution in [1.82, 2.24) is 39.8 Å². The molecule has 376 valence electrons. The maximum Gasteiger partial charge on any atom is 0.289 e. The van der Waals surface area contributed by atoms with Crippen LogP contribution in [0.4, 0.5) is 15.9 Å². The van der Waals surface area contributed by atoms with Crippen LogP contribution >= 0.6 is 11.6 Å². The van der Waals surface area contributed by atoms with E-state index in [9.17, 15) is 24.2 Å². The van der Waals surface area contributed by atoms with Crippen LogP contribution in [0.2, 0.25) is 5.02 Å². The zero-order chi connectivity index (χ0) is 51.2. The van der Waals surface area contributed by atoms with Crippen LogP contribution in [0.5, 0.6) is 17.2 Å². The van der Waals surface area contributed by atoms with Crippen molar-refractivity contribution in [2.24, 2.45) is 5.92 Å². The monoisotopic (exact) mass is 1010 g/mol. The lowest BCUT2D eigenvalue weighted by atomic mass is 9.94. The molecular weight excluding hydrogens is 949 g/mol. The third-order valence-corrected chi connectivity index (χ3v) is 13.3. The number of aromatic hydroxyl groups is 2. The van der Waals surface area contributed by atoms with Crippen molar-refractivity contribution in [2.45, 2.75) is 72.6 Å². The Labute approximate surface area is 427 Å². The first-order chi connectivity index (χ1) is 35.3. The van der Waals surface area contributed by atoms with E-state index in [1.165, 1.54) is 24.5 Å². The third kappa shape index (κ3) is 11.5. The van der Waals surface area contributed by atoms with Gasteiger partial charge in [-0.05, 0) is 141 Å². The van der Waals surface area contributed by atoms with Crippen molar-refractivity contribution >= 4 is 45.8 Å². The number of amides is 2. The number of carbonyl (C=O) groups is 2. The third-order valence-electron chi connectivity index (χ3n) is 13.0. The molecule has 0 atom stereocenters. The molecule has 4 N–H and O–H groups in total. The largest absolute Gasteiger partial charge is 0.508 e. The summed E-state index contributed by atoms with van der Waals surface area (Å²) in [5.74, 6) is 1.77. The van der Waals surface area contributed by atoms with Crippen molar-refractivity contribution in [1.29, 1.82) is 0 Å². The minimum Gasteiger partial charge on any atom is -0.508 e. The smallest absolute Gasteiger partial charge is 0.289 e. The molecule has 3 aromatic heterocycles. The number of fused-ring (bicyclic) bond motifs is 1. The van der Waals surface area contributed by atoms with Gasteiger partial charge in [0.15, 0.2) is 5.82 Å². The van der Waals surface area contributed by atoms with Crippen LogP contribution in [-0.4, -0.2) is 82.7 Å². The van der Waals surface area contributed by atoms with Gasteiger partial charge in [-0.2, -0.15) is 0 Å². The highest BCUT2D eigenvalue weighted by Crippen LogP contribution is 2.39. The first kappa shape index (κ1) is 50.1. The van der Waals surface area contributed by atoms with Gasteiger partial charge in [0.1, 0.15) is 53.3 Å². The van der Waals surface area contributed by atoms with Gasteiger partial charge in [0.05, 0.1) is 22.6 Å². The van der Waals surface area contributed by atoms with Crippen LogP contribution in [0.1, 0.15) is 85.9 Å². The van der Waals surface area contributed by atoms with E-state index in [2.05, 4.69) is 42.6 Å². The molecule has 5 aromatic carbocycles. The summed E-state index contributed by atoms with van der Waals surface area (Å²) in [6.45, 7) is 11.5. The molecule has 0 bridgehead atoms. The van der Waals surface area contributed by atoms with Crippen LogP contribution in [0, 0.1) is 11.7 Å². The lowest BCUT2D eigenvalue weighted by Gasteiger charge is -2.34. The molecule has 0 spiro atoms. The number of phenolic OH excluding ortho intramolecular Hbond substituents is 2. The van der Waals surface area contributed by atoms with Gasteiger partial charge in [0.2, 0.25) is 11.7 Å². The number of aromatic nitrogens is 5. The van der Waals surface area contributed by atoms with E-state index in [4.69, 9.17) is 20.8 Å². The fourth-order valence-corrected chi connectivity index (χ4v) is 9.44. The number of rotatable bonds is 18. The van der Waals surface area contributed by atoms with E-state index in [0.29, 0.717) is 82.4 Å². The Morgan fingerprint density at radius 3 is 2.45 bits per heavy atom.